The molecule has 1 aliphatic heterocycles. The van der Waals surface area contributed by atoms with E-state index in [4.69, 9.17) is 4.74 Å². The number of benzene rings is 1. The van der Waals surface area contributed by atoms with Gasteiger partial charge in [0, 0.05) is 31.3 Å². The Labute approximate surface area is 134 Å². The summed E-state index contributed by atoms with van der Waals surface area (Å²) in [5.74, 6) is 1.44. The molecule has 0 bridgehead atoms. The van der Waals surface area contributed by atoms with Crippen LogP contribution in [0.1, 0.15) is 37.3 Å². The molecule has 1 aliphatic carbocycles. The van der Waals surface area contributed by atoms with Gasteiger partial charge in [0.1, 0.15) is 11.4 Å². The fourth-order valence-corrected chi connectivity index (χ4v) is 3.42. The number of aromatic nitrogens is 2. The largest absolute Gasteiger partial charge is 0.487 e. The van der Waals surface area contributed by atoms with Crippen molar-refractivity contribution in [2.45, 2.75) is 37.3 Å². The summed E-state index contributed by atoms with van der Waals surface area (Å²) in [5, 5.41) is 10.0. The molecule has 1 spiro atoms. The van der Waals surface area contributed by atoms with Gasteiger partial charge in [0.25, 0.3) is 0 Å². The number of rotatable bonds is 2. The monoisotopic (exact) mass is 312 g/mol. The number of hydrogen-bond donors (Lipinski definition) is 2. The van der Waals surface area contributed by atoms with Crippen molar-refractivity contribution in [3.63, 3.8) is 0 Å². The SMILES string of the molecule is Cn1ccc(NC(=O)N[C@@H]2CC3(CCC3)Oc3ccccc32)n1. The van der Waals surface area contributed by atoms with Crippen LogP contribution in [0.2, 0.25) is 0 Å². The van der Waals surface area contributed by atoms with Gasteiger partial charge < -0.3 is 10.1 Å². The molecule has 0 saturated heterocycles. The summed E-state index contributed by atoms with van der Waals surface area (Å²) in [6.45, 7) is 0. The lowest BCUT2D eigenvalue weighted by Gasteiger charge is -2.47. The molecule has 4 rings (SSSR count). The van der Waals surface area contributed by atoms with Crippen LogP contribution >= 0.6 is 0 Å². The van der Waals surface area contributed by atoms with Crippen LogP contribution in [0.5, 0.6) is 5.75 Å². The number of aryl methyl sites for hydroxylation is 1. The average Bonchev–Trinajstić information content (AvgIpc) is 2.90. The van der Waals surface area contributed by atoms with Crippen molar-refractivity contribution in [2.24, 2.45) is 7.05 Å². The van der Waals surface area contributed by atoms with E-state index in [0.29, 0.717) is 5.82 Å². The number of urea groups is 1. The molecule has 23 heavy (non-hydrogen) atoms. The smallest absolute Gasteiger partial charge is 0.320 e. The van der Waals surface area contributed by atoms with Gasteiger partial charge in [-0.2, -0.15) is 5.10 Å². The second-order valence-corrected chi connectivity index (χ2v) is 6.41. The summed E-state index contributed by atoms with van der Waals surface area (Å²) in [4.78, 5) is 12.3. The maximum absolute atomic E-state index is 12.3. The molecule has 2 amide bonds. The van der Waals surface area contributed by atoms with Crippen LogP contribution in [0.4, 0.5) is 10.6 Å². The zero-order valence-corrected chi connectivity index (χ0v) is 13.1. The molecule has 1 aromatic heterocycles. The van der Waals surface area contributed by atoms with E-state index in [1.54, 1.807) is 16.9 Å². The first-order chi connectivity index (χ1) is 11.1. The summed E-state index contributed by atoms with van der Waals surface area (Å²) in [6, 6.07) is 9.45. The third-order valence-electron chi connectivity index (χ3n) is 4.72. The fraction of sp³-hybridized carbons (Fsp3) is 0.412. The molecule has 2 N–H and O–H groups in total. The van der Waals surface area contributed by atoms with Gasteiger partial charge in [-0.3, -0.25) is 10.00 Å². The molecule has 1 saturated carbocycles. The van der Waals surface area contributed by atoms with Gasteiger partial charge in [0.2, 0.25) is 0 Å². The minimum absolute atomic E-state index is 0.0380. The first kappa shape index (κ1) is 14.1. The summed E-state index contributed by atoms with van der Waals surface area (Å²) < 4.78 is 7.86. The van der Waals surface area contributed by atoms with Gasteiger partial charge in [0.05, 0.1) is 6.04 Å². The lowest BCUT2D eigenvalue weighted by atomic mass is 9.73. The highest BCUT2D eigenvalue weighted by Gasteiger charge is 2.45. The van der Waals surface area contributed by atoms with E-state index >= 15 is 0 Å². The summed E-state index contributed by atoms with van der Waals surface area (Å²) in [5.41, 5.74) is 0.943. The molecular formula is C17H20N4O2. The zero-order valence-electron chi connectivity index (χ0n) is 13.1. The number of amides is 2. The highest BCUT2D eigenvalue weighted by molar-refractivity contribution is 5.88. The first-order valence-corrected chi connectivity index (χ1v) is 7.99. The molecule has 6 nitrogen and oxygen atoms in total. The first-order valence-electron chi connectivity index (χ1n) is 7.99. The lowest BCUT2D eigenvalue weighted by molar-refractivity contribution is -0.0354. The molecule has 1 atom stereocenters. The predicted octanol–water partition coefficient (Wildman–Crippen LogP) is 2.99. The fourth-order valence-electron chi connectivity index (χ4n) is 3.42. The van der Waals surface area contributed by atoms with Crippen LogP contribution < -0.4 is 15.4 Å². The molecule has 6 heteroatoms. The summed E-state index contributed by atoms with van der Waals surface area (Å²) in [7, 11) is 1.82. The Kier molecular flexibility index (Phi) is 3.25. The van der Waals surface area contributed by atoms with Crippen molar-refractivity contribution in [1.29, 1.82) is 0 Å². The molecule has 1 fully saturated rings. The van der Waals surface area contributed by atoms with Gasteiger partial charge in [0.15, 0.2) is 5.82 Å². The third-order valence-corrected chi connectivity index (χ3v) is 4.72. The quantitative estimate of drug-likeness (QED) is 0.896. The number of hydrogen-bond acceptors (Lipinski definition) is 3. The number of nitrogens with one attached hydrogen (secondary N) is 2. The maximum Gasteiger partial charge on any atom is 0.320 e. The highest BCUT2D eigenvalue weighted by Crippen LogP contribution is 2.48. The van der Waals surface area contributed by atoms with E-state index in [9.17, 15) is 4.79 Å². The third kappa shape index (κ3) is 2.65. The van der Waals surface area contributed by atoms with Crippen molar-refractivity contribution in [2.75, 3.05) is 5.32 Å². The Morgan fingerprint density at radius 2 is 2.17 bits per heavy atom. The number of fused-ring (bicyclic) bond motifs is 1. The zero-order chi connectivity index (χ0) is 15.9. The van der Waals surface area contributed by atoms with E-state index in [1.807, 2.05) is 31.3 Å². The van der Waals surface area contributed by atoms with Gasteiger partial charge in [-0.25, -0.2) is 4.79 Å². The van der Waals surface area contributed by atoms with Gasteiger partial charge >= 0.3 is 6.03 Å². The van der Waals surface area contributed by atoms with Crippen molar-refractivity contribution >= 4 is 11.8 Å². The molecule has 2 heterocycles. The van der Waals surface area contributed by atoms with Gasteiger partial charge in [-0.1, -0.05) is 18.2 Å². The van der Waals surface area contributed by atoms with Crippen LogP contribution in [0.3, 0.4) is 0 Å². The van der Waals surface area contributed by atoms with Crippen molar-refractivity contribution in [3.8, 4) is 5.75 Å². The Morgan fingerprint density at radius 3 is 2.87 bits per heavy atom. The topological polar surface area (TPSA) is 68.2 Å². The van der Waals surface area contributed by atoms with Crippen molar-refractivity contribution in [3.05, 3.63) is 42.1 Å². The van der Waals surface area contributed by atoms with Crippen molar-refractivity contribution < 1.29 is 9.53 Å². The number of nitrogens with zero attached hydrogens (tertiary/aromatic N) is 2. The summed E-state index contributed by atoms with van der Waals surface area (Å²) >= 11 is 0. The van der Waals surface area contributed by atoms with E-state index in [1.165, 1.54) is 6.42 Å². The molecule has 120 valence electrons. The molecule has 2 aliphatic rings. The predicted molar refractivity (Wildman–Crippen MR) is 86.4 cm³/mol. The highest BCUT2D eigenvalue weighted by atomic mass is 16.5. The second kappa shape index (κ2) is 5.30. The van der Waals surface area contributed by atoms with E-state index in [2.05, 4.69) is 15.7 Å². The van der Waals surface area contributed by atoms with E-state index in [0.717, 1.165) is 30.6 Å². The van der Waals surface area contributed by atoms with Crippen LogP contribution in [0.25, 0.3) is 0 Å². The maximum atomic E-state index is 12.3. The lowest BCUT2D eigenvalue weighted by Crippen LogP contribution is -2.50. The Bertz CT molecular complexity index is 736. The number of para-hydroxylation sites is 1. The Morgan fingerprint density at radius 1 is 1.35 bits per heavy atom. The Balaban J connectivity index is 1.52. The molecular weight excluding hydrogens is 292 g/mol. The Hall–Kier alpha value is -2.50. The molecule has 2 aromatic rings. The normalized spacial score (nSPS) is 21.0. The molecule has 1 aromatic carbocycles. The minimum atomic E-state index is -0.236. The van der Waals surface area contributed by atoms with Gasteiger partial charge in [-0.05, 0) is 25.3 Å². The van der Waals surface area contributed by atoms with Crippen LogP contribution in [0, 0.1) is 0 Å². The van der Waals surface area contributed by atoms with E-state index < -0.39 is 0 Å². The minimum Gasteiger partial charge on any atom is -0.487 e. The van der Waals surface area contributed by atoms with Crippen LogP contribution in [-0.4, -0.2) is 21.4 Å². The number of anilines is 1. The molecule has 0 unspecified atom stereocenters. The second-order valence-electron chi connectivity index (χ2n) is 6.41. The number of carbonyl (C=O) groups excluding carboxylic acids is 1. The average molecular weight is 312 g/mol. The number of carbonyl (C=O) groups is 1. The molecule has 0 radical (unpaired) electrons. The van der Waals surface area contributed by atoms with Crippen LogP contribution in [0.15, 0.2) is 36.5 Å². The van der Waals surface area contributed by atoms with E-state index in [-0.39, 0.29) is 17.7 Å². The summed E-state index contributed by atoms with van der Waals surface area (Å²) in [6.07, 6.45) is 5.92. The van der Waals surface area contributed by atoms with Crippen molar-refractivity contribution in [1.82, 2.24) is 15.1 Å². The standard InChI is InChI=1S/C17H20N4O2/c1-21-10-7-15(20-21)19-16(22)18-13-11-17(8-4-9-17)23-14-6-3-2-5-12(13)14/h2-3,5-7,10,13H,4,8-9,11H2,1H3,(H2,18,19,20,22)/t13-/m1/s1. The number of ether oxygens (including phenoxy) is 1. The van der Waals surface area contributed by atoms with Crippen LogP contribution in [-0.2, 0) is 7.05 Å². The van der Waals surface area contributed by atoms with Gasteiger partial charge in [-0.15, -0.1) is 0 Å².